The topological polar surface area (TPSA) is 84.6 Å². The van der Waals surface area contributed by atoms with E-state index in [2.05, 4.69) is 5.32 Å². The lowest BCUT2D eigenvalue weighted by molar-refractivity contribution is -0.126. The fourth-order valence-electron chi connectivity index (χ4n) is 2.43. The highest BCUT2D eigenvalue weighted by molar-refractivity contribution is 5.79. The fraction of sp³-hybridized carbons (Fsp3) is 0.909. The van der Waals surface area contributed by atoms with Crippen molar-refractivity contribution in [2.45, 2.75) is 37.3 Å². The van der Waals surface area contributed by atoms with Crippen molar-refractivity contribution in [3.8, 4) is 0 Å². The van der Waals surface area contributed by atoms with E-state index in [0.717, 1.165) is 25.7 Å². The Balaban J connectivity index is 1.79. The number of nitrogens with two attached hydrogens (primary N) is 1. The van der Waals surface area contributed by atoms with Gasteiger partial charge >= 0.3 is 0 Å². The summed E-state index contributed by atoms with van der Waals surface area (Å²) in [6, 6.07) is -0.210. The van der Waals surface area contributed by atoms with Gasteiger partial charge < -0.3 is 20.9 Å². The summed E-state index contributed by atoms with van der Waals surface area (Å²) < 4.78 is 5.14. The normalized spacial score (nSPS) is 32.9. The Morgan fingerprint density at radius 2 is 2.12 bits per heavy atom. The second-order valence-electron chi connectivity index (χ2n) is 4.96. The molecule has 2 fully saturated rings. The summed E-state index contributed by atoms with van der Waals surface area (Å²) in [5.41, 5.74) is 5.05. The average Bonchev–Trinajstić information content (AvgIpc) is 2.85. The fourth-order valence-corrected chi connectivity index (χ4v) is 2.43. The molecule has 0 aromatic heterocycles. The maximum atomic E-state index is 11.8. The zero-order valence-electron chi connectivity index (χ0n) is 9.45. The molecule has 5 heteroatoms. The zero-order chi connectivity index (χ0) is 11.6. The van der Waals surface area contributed by atoms with E-state index in [1.165, 1.54) is 0 Å². The van der Waals surface area contributed by atoms with E-state index in [4.69, 9.17) is 10.5 Å². The van der Waals surface area contributed by atoms with Gasteiger partial charge in [-0.2, -0.15) is 0 Å². The van der Waals surface area contributed by atoms with Crippen molar-refractivity contribution in [3.05, 3.63) is 0 Å². The van der Waals surface area contributed by atoms with Crippen LogP contribution in [0.4, 0.5) is 0 Å². The molecule has 1 saturated carbocycles. The molecule has 2 atom stereocenters. The maximum Gasteiger partial charge on any atom is 0.227 e. The number of carbonyl (C=O) groups is 1. The molecule has 1 saturated heterocycles. The Morgan fingerprint density at radius 1 is 1.44 bits per heavy atom. The van der Waals surface area contributed by atoms with Gasteiger partial charge in [0, 0.05) is 12.6 Å². The summed E-state index contributed by atoms with van der Waals surface area (Å²) in [7, 11) is 0. The molecule has 0 aromatic rings. The Kier molecular flexibility index (Phi) is 3.47. The van der Waals surface area contributed by atoms with Gasteiger partial charge in [0.2, 0.25) is 5.91 Å². The smallest absolute Gasteiger partial charge is 0.227 e. The van der Waals surface area contributed by atoms with Crippen LogP contribution >= 0.6 is 0 Å². The van der Waals surface area contributed by atoms with E-state index < -0.39 is 5.60 Å². The number of hydrogen-bond donors (Lipinski definition) is 3. The first-order valence-electron chi connectivity index (χ1n) is 5.94. The van der Waals surface area contributed by atoms with Crippen LogP contribution in [0, 0.1) is 5.92 Å². The van der Waals surface area contributed by atoms with Gasteiger partial charge in [-0.05, 0) is 12.8 Å². The molecule has 1 heterocycles. The van der Waals surface area contributed by atoms with Crippen molar-refractivity contribution in [1.29, 1.82) is 0 Å². The molecule has 0 bridgehead atoms. The number of amides is 1. The van der Waals surface area contributed by atoms with Gasteiger partial charge in [0.15, 0.2) is 0 Å². The highest BCUT2D eigenvalue weighted by Gasteiger charge is 2.35. The van der Waals surface area contributed by atoms with Gasteiger partial charge in [-0.1, -0.05) is 12.8 Å². The van der Waals surface area contributed by atoms with E-state index >= 15 is 0 Å². The lowest BCUT2D eigenvalue weighted by atomic mass is 10.0. The molecular weight excluding hydrogens is 208 g/mol. The van der Waals surface area contributed by atoms with Gasteiger partial charge in [-0.3, -0.25) is 4.79 Å². The van der Waals surface area contributed by atoms with Crippen LogP contribution in [0.25, 0.3) is 0 Å². The molecule has 0 spiro atoms. The minimum absolute atomic E-state index is 0.0923. The summed E-state index contributed by atoms with van der Waals surface area (Å²) in [6.07, 6.45) is 3.64. The van der Waals surface area contributed by atoms with E-state index in [-0.39, 0.29) is 17.9 Å². The molecule has 2 aliphatic rings. The van der Waals surface area contributed by atoms with Gasteiger partial charge in [0.1, 0.15) is 0 Å². The molecule has 0 radical (unpaired) electrons. The molecule has 92 valence electrons. The standard InChI is InChI=1S/C11H20N2O3/c12-9-6-16-5-8(9)10(14)13-7-11(15)3-1-2-4-11/h8-9,15H,1-7,12H2,(H,13,14). The van der Waals surface area contributed by atoms with E-state index in [9.17, 15) is 9.90 Å². The number of hydrogen-bond acceptors (Lipinski definition) is 4. The lowest BCUT2D eigenvalue weighted by Crippen LogP contribution is -2.46. The molecule has 2 rings (SSSR count). The quantitative estimate of drug-likeness (QED) is 0.601. The average molecular weight is 228 g/mol. The van der Waals surface area contributed by atoms with Crippen LogP contribution in [-0.2, 0) is 9.53 Å². The molecular formula is C11H20N2O3. The number of nitrogens with one attached hydrogen (secondary N) is 1. The first-order valence-corrected chi connectivity index (χ1v) is 5.94. The van der Waals surface area contributed by atoms with Crippen LogP contribution in [0.2, 0.25) is 0 Å². The largest absolute Gasteiger partial charge is 0.388 e. The highest BCUT2D eigenvalue weighted by atomic mass is 16.5. The zero-order valence-corrected chi connectivity index (χ0v) is 9.45. The predicted octanol–water partition coefficient (Wildman–Crippen LogP) is -0.619. The molecule has 16 heavy (non-hydrogen) atoms. The first-order chi connectivity index (χ1) is 7.61. The number of aliphatic hydroxyl groups is 1. The van der Waals surface area contributed by atoms with Crippen molar-refractivity contribution in [3.63, 3.8) is 0 Å². The van der Waals surface area contributed by atoms with E-state index in [1.807, 2.05) is 0 Å². The minimum atomic E-state index is -0.695. The summed E-state index contributed by atoms with van der Waals surface area (Å²) in [4.78, 5) is 11.8. The summed E-state index contributed by atoms with van der Waals surface area (Å²) >= 11 is 0. The van der Waals surface area contributed by atoms with Crippen molar-refractivity contribution in [2.24, 2.45) is 11.7 Å². The van der Waals surface area contributed by atoms with Crippen LogP contribution in [0.3, 0.4) is 0 Å². The van der Waals surface area contributed by atoms with Crippen LogP contribution < -0.4 is 11.1 Å². The first kappa shape index (κ1) is 11.8. The van der Waals surface area contributed by atoms with Crippen molar-refractivity contribution >= 4 is 5.91 Å². The lowest BCUT2D eigenvalue weighted by Gasteiger charge is -2.23. The monoisotopic (exact) mass is 228 g/mol. The van der Waals surface area contributed by atoms with Crippen molar-refractivity contribution in [2.75, 3.05) is 19.8 Å². The van der Waals surface area contributed by atoms with E-state index in [0.29, 0.717) is 19.8 Å². The Hall–Kier alpha value is -0.650. The predicted molar refractivity (Wildman–Crippen MR) is 58.7 cm³/mol. The number of carbonyl (C=O) groups excluding carboxylic acids is 1. The highest BCUT2D eigenvalue weighted by Crippen LogP contribution is 2.28. The van der Waals surface area contributed by atoms with Gasteiger partial charge in [0.05, 0.1) is 24.7 Å². The van der Waals surface area contributed by atoms with Gasteiger partial charge in [-0.25, -0.2) is 0 Å². The van der Waals surface area contributed by atoms with Crippen LogP contribution in [0.5, 0.6) is 0 Å². The molecule has 1 aliphatic carbocycles. The second-order valence-corrected chi connectivity index (χ2v) is 4.96. The maximum absolute atomic E-state index is 11.8. The van der Waals surface area contributed by atoms with Gasteiger partial charge in [-0.15, -0.1) is 0 Å². The van der Waals surface area contributed by atoms with Crippen LogP contribution in [0.1, 0.15) is 25.7 Å². The molecule has 4 N–H and O–H groups in total. The second kappa shape index (κ2) is 4.69. The SMILES string of the molecule is NC1COCC1C(=O)NCC1(O)CCCC1. The molecule has 2 unspecified atom stereocenters. The van der Waals surface area contributed by atoms with Crippen LogP contribution in [0.15, 0.2) is 0 Å². The molecule has 1 aliphatic heterocycles. The summed E-state index contributed by atoms with van der Waals surface area (Å²) in [6.45, 7) is 1.18. The third-order valence-electron chi connectivity index (χ3n) is 3.59. The van der Waals surface area contributed by atoms with Crippen molar-refractivity contribution < 1.29 is 14.6 Å². The van der Waals surface area contributed by atoms with Crippen molar-refractivity contribution in [1.82, 2.24) is 5.32 Å². The van der Waals surface area contributed by atoms with Crippen LogP contribution in [-0.4, -0.2) is 42.4 Å². The molecule has 5 nitrogen and oxygen atoms in total. The van der Waals surface area contributed by atoms with E-state index in [1.54, 1.807) is 0 Å². The minimum Gasteiger partial charge on any atom is -0.388 e. The number of ether oxygens (including phenoxy) is 1. The van der Waals surface area contributed by atoms with Gasteiger partial charge in [0.25, 0.3) is 0 Å². The Bertz CT molecular complexity index is 264. The Morgan fingerprint density at radius 3 is 2.69 bits per heavy atom. The third-order valence-corrected chi connectivity index (χ3v) is 3.59. The summed E-state index contributed by atoms with van der Waals surface area (Å²) in [5.74, 6) is -0.352. The molecule has 0 aromatic carbocycles. The Labute approximate surface area is 95.3 Å². The number of rotatable bonds is 3. The third kappa shape index (κ3) is 2.53. The molecule has 1 amide bonds. The summed E-state index contributed by atoms with van der Waals surface area (Å²) in [5, 5.41) is 12.9.